The second-order valence-electron chi connectivity index (χ2n) is 5.23. The minimum atomic E-state index is -1.08. The molecule has 2 rings (SSSR count). The summed E-state index contributed by atoms with van der Waals surface area (Å²) in [5, 5.41) is 4.91. The van der Waals surface area contributed by atoms with E-state index in [-0.39, 0.29) is 35.0 Å². The van der Waals surface area contributed by atoms with E-state index in [0.29, 0.717) is 0 Å². The molecule has 2 N–H and O–H groups in total. The fourth-order valence-electron chi connectivity index (χ4n) is 2.30. The lowest BCUT2D eigenvalue weighted by Gasteiger charge is -2.12. The number of halogens is 2. The van der Waals surface area contributed by atoms with Crippen molar-refractivity contribution < 1.29 is 18.4 Å². The van der Waals surface area contributed by atoms with Gasteiger partial charge in [-0.2, -0.15) is 0 Å². The summed E-state index contributed by atoms with van der Waals surface area (Å²) < 4.78 is 26.5. The van der Waals surface area contributed by atoms with E-state index < -0.39 is 17.5 Å². The first-order chi connectivity index (χ1) is 9.31. The number of amides is 2. The smallest absolute Gasteiger partial charge is 0.228 e. The molecule has 0 saturated heterocycles. The highest BCUT2D eigenvalue weighted by Gasteiger charge is 2.48. The summed E-state index contributed by atoms with van der Waals surface area (Å²) in [5.41, 5.74) is 0.112. The lowest BCUT2D eigenvalue weighted by molar-refractivity contribution is -0.118. The summed E-state index contributed by atoms with van der Waals surface area (Å²) in [7, 11) is 0. The summed E-state index contributed by atoms with van der Waals surface area (Å²) in [4.78, 5) is 23.0. The zero-order valence-corrected chi connectivity index (χ0v) is 11.5. The van der Waals surface area contributed by atoms with Crippen molar-refractivity contribution in [3.8, 4) is 0 Å². The van der Waals surface area contributed by atoms with E-state index in [0.717, 1.165) is 12.1 Å². The highest BCUT2D eigenvalue weighted by atomic mass is 19.2. The summed E-state index contributed by atoms with van der Waals surface area (Å²) in [6.45, 7) is 5.15. The van der Waals surface area contributed by atoms with Gasteiger partial charge in [-0.25, -0.2) is 8.78 Å². The van der Waals surface area contributed by atoms with Gasteiger partial charge in [0, 0.05) is 25.0 Å². The number of carbonyl (C=O) groups excluding carboxylic acids is 2. The Labute approximate surface area is 115 Å². The van der Waals surface area contributed by atoms with Gasteiger partial charge in [0.15, 0.2) is 11.6 Å². The molecule has 0 bridgehead atoms. The van der Waals surface area contributed by atoms with Crippen molar-refractivity contribution in [3.63, 3.8) is 0 Å². The number of hydrogen-bond donors (Lipinski definition) is 2. The average molecular weight is 282 g/mol. The van der Waals surface area contributed by atoms with Crippen LogP contribution in [0.4, 0.5) is 20.2 Å². The van der Waals surface area contributed by atoms with Gasteiger partial charge < -0.3 is 10.6 Å². The number of rotatable bonds is 3. The normalized spacial score (nSPS) is 24.1. The molecule has 4 nitrogen and oxygen atoms in total. The van der Waals surface area contributed by atoms with E-state index >= 15 is 0 Å². The first-order valence-electron chi connectivity index (χ1n) is 6.38. The minimum Gasteiger partial charge on any atom is -0.324 e. The van der Waals surface area contributed by atoms with E-state index in [9.17, 15) is 18.4 Å². The molecule has 1 aromatic rings. The third-order valence-corrected chi connectivity index (χ3v) is 3.75. The van der Waals surface area contributed by atoms with Crippen molar-refractivity contribution >= 4 is 23.2 Å². The quantitative estimate of drug-likeness (QED) is 0.895. The molecule has 0 heterocycles. The second-order valence-corrected chi connectivity index (χ2v) is 5.23. The molecule has 1 aliphatic carbocycles. The Morgan fingerprint density at radius 2 is 1.45 bits per heavy atom. The molecule has 1 fully saturated rings. The molecule has 1 saturated carbocycles. The van der Waals surface area contributed by atoms with Gasteiger partial charge in [0.05, 0.1) is 11.4 Å². The van der Waals surface area contributed by atoms with Gasteiger partial charge in [0.1, 0.15) is 0 Å². The summed E-state index contributed by atoms with van der Waals surface area (Å²) in [5.74, 6) is -2.43. The van der Waals surface area contributed by atoms with Crippen LogP contribution < -0.4 is 10.6 Å². The van der Waals surface area contributed by atoms with Gasteiger partial charge in [0.2, 0.25) is 11.8 Å². The third kappa shape index (κ3) is 2.79. The van der Waals surface area contributed by atoms with Crippen LogP contribution in [-0.2, 0) is 9.59 Å². The standard InChI is InChI=1S/C14H16F2N2O2/c1-6-7(2)13(6)14(20)18-12-5-10(16)9(15)4-11(12)17-8(3)19/h4-7,13H,1-3H3,(H,17,19)(H,18,20)/t6-,7+,13?. The topological polar surface area (TPSA) is 58.2 Å². The van der Waals surface area contributed by atoms with Crippen LogP contribution in [0.3, 0.4) is 0 Å². The Morgan fingerprint density at radius 3 is 1.85 bits per heavy atom. The third-order valence-electron chi connectivity index (χ3n) is 3.75. The molecular weight excluding hydrogens is 266 g/mol. The van der Waals surface area contributed by atoms with E-state index in [2.05, 4.69) is 10.6 Å². The molecule has 108 valence electrons. The summed E-state index contributed by atoms with van der Waals surface area (Å²) in [6.07, 6.45) is 0. The SMILES string of the molecule is CC(=O)Nc1cc(F)c(F)cc1NC(=O)C1[C@@H](C)[C@H]1C. The Hall–Kier alpha value is -1.98. The van der Waals surface area contributed by atoms with Crippen LogP contribution in [0, 0.1) is 29.4 Å². The first-order valence-corrected chi connectivity index (χ1v) is 6.38. The van der Waals surface area contributed by atoms with E-state index in [4.69, 9.17) is 0 Å². The van der Waals surface area contributed by atoms with Crippen molar-refractivity contribution in [2.24, 2.45) is 17.8 Å². The zero-order valence-electron chi connectivity index (χ0n) is 11.5. The number of carbonyl (C=O) groups is 2. The van der Waals surface area contributed by atoms with Gasteiger partial charge in [-0.05, 0) is 11.8 Å². The monoisotopic (exact) mass is 282 g/mol. The highest BCUT2D eigenvalue weighted by molar-refractivity contribution is 6.00. The summed E-state index contributed by atoms with van der Waals surface area (Å²) >= 11 is 0. The van der Waals surface area contributed by atoms with Crippen molar-refractivity contribution in [1.82, 2.24) is 0 Å². The fraction of sp³-hybridized carbons (Fsp3) is 0.429. The van der Waals surface area contributed by atoms with Crippen LogP contribution >= 0.6 is 0 Å². The molecular formula is C14H16F2N2O2. The first kappa shape index (κ1) is 14.4. The number of nitrogens with one attached hydrogen (secondary N) is 2. The van der Waals surface area contributed by atoms with Crippen molar-refractivity contribution in [3.05, 3.63) is 23.8 Å². The second kappa shape index (κ2) is 5.19. The van der Waals surface area contributed by atoms with Crippen LogP contribution in [0.25, 0.3) is 0 Å². The van der Waals surface area contributed by atoms with Crippen LogP contribution in [0.15, 0.2) is 12.1 Å². The maximum absolute atomic E-state index is 13.3. The molecule has 6 heteroatoms. The van der Waals surface area contributed by atoms with E-state index in [1.54, 1.807) is 0 Å². The van der Waals surface area contributed by atoms with Gasteiger partial charge in [-0.1, -0.05) is 13.8 Å². The zero-order chi connectivity index (χ0) is 15.0. The molecule has 1 aromatic carbocycles. The molecule has 2 amide bonds. The minimum absolute atomic E-state index is 0.0470. The summed E-state index contributed by atoms with van der Waals surface area (Å²) in [6, 6.07) is 1.72. The molecule has 0 aromatic heterocycles. The predicted octanol–water partition coefficient (Wildman–Crippen LogP) is 2.76. The molecule has 1 aliphatic rings. The predicted molar refractivity (Wildman–Crippen MR) is 71.1 cm³/mol. The van der Waals surface area contributed by atoms with Gasteiger partial charge in [0.25, 0.3) is 0 Å². The van der Waals surface area contributed by atoms with Crippen LogP contribution in [-0.4, -0.2) is 11.8 Å². The number of benzene rings is 1. The molecule has 0 spiro atoms. The average Bonchev–Trinajstić information content (AvgIpc) is 2.93. The lowest BCUT2D eigenvalue weighted by Crippen LogP contribution is -2.18. The maximum atomic E-state index is 13.3. The molecule has 0 radical (unpaired) electrons. The Kier molecular flexibility index (Phi) is 3.74. The molecule has 20 heavy (non-hydrogen) atoms. The van der Waals surface area contributed by atoms with E-state index in [1.165, 1.54) is 6.92 Å². The largest absolute Gasteiger partial charge is 0.324 e. The maximum Gasteiger partial charge on any atom is 0.228 e. The van der Waals surface area contributed by atoms with Gasteiger partial charge >= 0.3 is 0 Å². The van der Waals surface area contributed by atoms with Crippen LogP contribution in [0.2, 0.25) is 0 Å². The highest BCUT2D eigenvalue weighted by Crippen LogP contribution is 2.46. The molecule has 1 unspecified atom stereocenters. The molecule has 3 atom stereocenters. The lowest BCUT2D eigenvalue weighted by atomic mass is 10.2. The van der Waals surface area contributed by atoms with E-state index in [1.807, 2.05) is 13.8 Å². The molecule has 0 aliphatic heterocycles. The van der Waals surface area contributed by atoms with Crippen molar-refractivity contribution in [1.29, 1.82) is 0 Å². The van der Waals surface area contributed by atoms with Crippen molar-refractivity contribution in [2.75, 3.05) is 10.6 Å². The van der Waals surface area contributed by atoms with Crippen molar-refractivity contribution in [2.45, 2.75) is 20.8 Å². The Bertz CT molecular complexity index is 567. The van der Waals surface area contributed by atoms with Crippen LogP contribution in [0.5, 0.6) is 0 Å². The number of hydrogen-bond acceptors (Lipinski definition) is 2. The van der Waals surface area contributed by atoms with Gasteiger partial charge in [-0.3, -0.25) is 9.59 Å². The Balaban J connectivity index is 2.23. The van der Waals surface area contributed by atoms with Crippen LogP contribution in [0.1, 0.15) is 20.8 Å². The number of anilines is 2. The van der Waals surface area contributed by atoms with Gasteiger partial charge in [-0.15, -0.1) is 0 Å². The fourth-order valence-corrected chi connectivity index (χ4v) is 2.30. The Morgan fingerprint density at radius 1 is 1.00 bits per heavy atom.